The van der Waals surface area contributed by atoms with Crippen LogP contribution in [0, 0.1) is 0 Å². The summed E-state index contributed by atoms with van der Waals surface area (Å²) in [6.07, 6.45) is 1.33. The number of H-pyrrole nitrogens is 1. The summed E-state index contributed by atoms with van der Waals surface area (Å²) in [5.74, 6) is 0. The zero-order valence-electron chi connectivity index (χ0n) is 12.8. The molecule has 9 heteroatoms. The zero-order chi connectivity index (χ0) is 19.1. The molecule has 1 aromatic heterocycles. The molecule has 0 radical (unpaired) electrons. The van der Waals surface area contributed by atoms with Crippen molar-refractivity contribution in [1.82, 2.24) is 4.98 Å². The van der Waals surface area contributed by atoms with Crippen molar-refractivity contribution >= 4 is 81.9 Å². The minimum Gasteiger partial charge on any atom is -0.321 e. The second-order valence-electron chi connectivity index (χ2n) is 5.33. The molecule has 0 bridgehead atoms. The second kappa shape index (κ2) is 7.48. The molecule has 2 aromatic carbocycles. The third kappa shape index (κ3) is 4.07. The van der Waals surface area contributed by atoms with Crippen molar-refractivity contribution in [3.63, 3.8) is 0 Å². The Kier molecular flexibility index (Phi) is 5.65. The number of sulfone groups is 1. The highest BCUT2D eigenvalue weighted by atomic mass is 79.9. The van der Waals surface area contributed by atoms with Gasteiger partial charge in [0, 0.05) is 29.8 Å². The number of rotatable bonds is 3. The van der Waals surface area contributed by atoms with E-state index >= 15 is 0 Å². The predicted octanol–water partition coefficient (Wildman–Crippen LogP) is 5.80. The van der Waals surface area contributed by atoms with Crippen LogP contribution in [-0.2, 0) is 9.84 Å². The molecule has 3 aromatic rings. The summed E-state index contributed by atoms with van der Waals surface area (Å²) < 4.78 is 26.7. The first kappa shape index (κ1) is 19.6. The zero-order valence-corrected chi connectivity index (χ0v) is 18.3. The van der Waals surface area contributed by atoms with Crippen molar-refractivity contribution in [2.45, 2.75) is 4.90 Å². The molecule has 1 N–H and O–H groups in total. The number of hydrogen-bond donors (Lipinski definition) is 1. The summed E-state index contributed by atoms with van der Waals surface area (Å²) in [6, 6.07) is 9.50. The summed E-state index contributed by atoms with van der Waals surface area (Å²) >= 11 is 18.6. The van der Waals surface area contributed by atoms with Crippen molar-refractivity contribution in [2.24, 2.45) is 0 Å². The molecule has 4 nitrogen and oxygen atoms in total. The SMILES string of the molecule is O=c1[nH]c2cc(Br)cc(Br)c2cc1S(=O)(=O)/C=C\c1ccc(Cl)cc1Cl. The minimum atomic E-state index is -3.98. The van der Waals surface area contributed by atoms with E-state index in [0.29, 0.717) is 31.0 Å². The summed E-state index contributed by atoms with van der Waals surface area (Å²) in [4.78, 5) is 14.5. The van der Waals surface area contributed by atoms with Crippen molar-refractivity contribution in [1.29, 1.82) is 0 Å². The molecule has 0 aliphatic carbocycles. The molecule has 0 fully saturated rings. The summed E-state index contributed by atoms with van der Waals surface area (Å²) in [7, 11) is -3.98. The maximum atomic E-state index is 12.6. The number of pyridine rings is 1. The van der Waals surface area contributed by atoms with Crippen LogP contribution in [0.2, 0.25) is 10.0 Å². The van der Waals surface area contributed by atoms with Crippen LogP contribution in [-0.4, -0.2) is 13.4 Å². The summed E-state index contributed by atoms with van der Waals surface area (Å²) in [6.45, 7) is 0. The van der Waals surface area contributed by atoms with Gasteiger partial charge in [0.2, 0.25) is 9.84 Å². The van der Waals surface area contributed by atoms with E-state index in [1.807, 2.05) is 0 Å². The van der Waals surface area contributed by atoms with E-state index < -0.39 is 15.4 Å². The first-order chi connectivity index (χ1) is 12.2. The van der Waals surface area contributed by atoms with Gasteiger partial charge in [-0.2, -0.15) is 0 Å². The quantitative estimate of drug-likeness (QED) is 0.459. The van der Waals surface area contributed by atoms with Crippen LogP contribution in [0.1, 0.15) is 5.56 Å². The Bertz CT molecular complexity index is 1220. The first-order valence-electron chi connectivity index (χ1n) is 7.08. The average Bonchev–Trinajstić information content (AvgIpc) is 2.53. The lowest BCUT2D eigenvalue weighted by atomic mass is 10.2. The number of aromatic nitrogens is 1. The fourth-order valence-corrected chi connectivity index (χ4v) is 5.17. The number of fused-ring (bicyclic) bond motifs is 1. The van der Waals surface area contributed by atoms with Gasteiger partial charge in [-0.15, -0.1) is 0 Å². The van der Waals surface area contributed by atoms with E-state index in [4.69, 9.17) is 23.2 Å². The predicted molar refractivity (Wildman–Crippen MR) is 113 cm³/mol. The van der Waals surface area contributed by atoms with Gasteiger partial charge in [0.05, 0.1) is 5.52 Å². The fraction of sp³-hybridized carbons (Fsp3) is 0. The molecule has 0 aliphatic heterocycles. The monoisotopic (exact) mass is 535 g/mol. The third-order valence-corrected chi connectivity index (χ3v) is 6.62. The van der Waals surface area contributed by atoms with E-state index in [2.05, 4.69) is 36.8 Å². The number of hydrogen-bond acceptors (Lipinski definition) is 3. The Labute approximate surface area is 176 Å². The van der Waals surface area contributed by atoms with Crippen LogP contribution >= 0.6 is 55.1 Å². The van der Waals surface area contributed by atoms with Gasteiger partial charge in [-0.25, -0.2) is 8.42 Å². The molecule has 0 aliphatic rings. The summed E-state index contributed by atoms with van der Waals surface area (Å²) in [5.41, 5.74) is 0.288. The van der Waals surface area contributed by atoms with Crippen molar-refractivity contribution in [2.75, 3.05) is 0 Å². The van der Waals surface area contributed by atoms with Gasteiger partial charge < -0.3 is 4.98 Å². The number of nitrogens with one attached hydrogen (secondary N) is 1. The standard InChI is InChI=1S/C17H9Br2Cl2NO3S/c18-10-5-13(19)12-8-16(17(23)22-15(12)6-10)26(24,25)4-3-9-1-2-11(20)7-14(9)21/h1-8H,(H,22,23)/b4-3-. The number of aromatic amines is 1. The van der Waals surface area contributed by atoms with Gasteiger partial charge >= 0.3 is 0 Å². The van der Waals surface area contributed by atoms with Crippen LogP contribution < -0.4 is 5.56 Å². The van der Waals surface area contributed by atoms with Gasteiger partial charge in [-0.1, -0.05) is 61.1 Å². The Morgan fingerprint density at radius 2 is 1.77 bits per heavy atom. The Morgan fingerprint density at radius 3 is 2.46 bits per heavy atom. The normalized spacial score (nSPS) is 12.2. The Balaban J connectivity index is 2.11. The van der Waals surface area contributed by atoms with E-state index in [1.165, 1.54) is 18.2 Å². The van der Waals surface area contributed by atoms with Crippen LogP contribution in [0.3, 0.4) is 0 Å². The molecule has 26 heavy (non-hydrogen) atoms. The lowest BCUT2D eigenvalue weighted by molar-refractivity contribution is 0.603. The molecule has 1 heterocycles. The Hall–Kier alpha value is -1.12. The molecule has 0 unspecified atom stereocenters. The maximum absolute atomic E-state index is 12.6. The first-order valence-corrected chi connectivity index (χ1v) is 11.0. The van der Waals surface area contributed by atoms with Gasteiger partial charge in [-0.3, -0.25) is 4.79 Å². The van der Waals surface area contributed by atoms with E-state index in [0.717, 1.165) is 9.88 Å². The molecule has 3 rings (SSSR count). The second-order valence-corrected chi connectivity index (χ2v) is 9.74. The van der Waals surface area contributed by atoms with Gasteiger partial charge in [-0.05, 0) is 42.0 Å². The molecular weight excluding hydrogens is 529 g/mol. The lowest BCUT2D eigenvalue weighted by Gasteiger charge is -2.05. The van der Waals surface area contributed by atoms with Gasteiger partial charge in [0.25, 0.3) is 5.56 Å². The maximum Gasteiger partial charge on any atom is 0.267 e. The highest BCUT2D eigenvalue weighted by Gasteiger charge is 2.17. The van der Waals surface area contributed by atoms with Crippen LogP contribution in [0.5, 0.6) is 0 Å². The fourth-order valence-electron chi connectivity index (χ4n) is 2.30. The van der Waals surface area contributed by atoms with Crippen molar-refractivity contribution in [3.8, 4) is 0 Å². The molecule has 0 saturated carbocycles. The highest BCUT2D eigenvalue weighted by molar-refractivity contribution is 9.11. The summed E-state index contributed by atoms with van der Waals surface area (Å²) in [5, 5.41) is 2.27. The topological polar surface area (TPSA) is 67.0 Å². The highest BCUT2D eigenvalue weighted by Crippen LogP contribution is 2.28. The molecule has 0 amide bonds. The molecule has 0 spiro atoms. The van der Waals surface area contributed by atoms with Crippen LogP contribution in [0.15, 0.2) is 60.4 Å². The van der Waals surface area contributed by atoms with Crippen LogP contribution in [0.4, 0.5) is 0 Å². The molecule has 0 saturated heterocycles. The van der Waals surface area contributed by atoms with E-state index in [9.17, 15) is 13.2 Å². The smallest absolute Gasteiger partial charge is 0.267 e. The van der Waals surface area contributed by atoms with Gasteiger partial charge in [0.15, 0.2) is 0 Å². The van der Waals surface area contributed by atoms with Gasteiger partial charge in [0.1, 0.15) is 4.90 Å². The number of benzene rings is 2. The van der Waals surface area contributed by atoms with Crippen LogP contribution in [0.25, 0.3) is 17.0 Å². The Morgan fingerprint density at radius 1 is 1.04 bits per heavy atom. The van der Waals surface area contributed by atoms with Crippen molar-refractivity contribution in [3.05, 3.63) is 76.7 Å². The molecule has 0 atom stereocenters. The third-order valence-electron chi connectivity index (χ3n) is 3.54. The molecule has 134 valence electrons. The largest absolute Gasteiger partial charge is 0.321 e. The average molecular weight is 538 g/mol. The number of halogens is 4. The van der Waals surface area contributed by atoms with Crippen molar-refractivity contribution < 1.29 is 8.42 Å². The minimum absolute atomic E-state index is 0.309. The lowest BCUT2D eigenvalue weighted by Crippen LogP contribution is -2.16. The van der Waals surface area contributed by atoms with E-state index in [-0.39, 0.29) is 4.90 Å². The molecular formula is C17H9Br2Cl2NO3S. The van der Waals surface area contributed by atoms with E-state index in [1.54, 1.807) is 24.3 Å².